The predicted octanol–water partition coefficient (Wildman–Crippen LogP) is 4.33. The lowest BCUT2D eigenvalue weighted by Crippen LogP contribution is -2.05. The predicted molar refractivity (Wildman–Crippen MR) is 85.7 cm³/mol. The molecule has 0 amide bonds. The lowest BCUT2D eigenvalue weighted by atomic mass is 10.3. The summed E-state index contributed by atoms with van der Waals surface area (Å²) < 4.78 is 49.7. The van der Waals surface area contributed by atoms with Gasteiger partial charge in [-0.2, -0.15) is 13.2 Å². The SMILES string of the molecule is Cn1cnc([N+](=O)[O-])c1Oc1ccc(Oc2ccc(C(F)(F)F)cn2)cc1. The van der Waals surface area contributed by atoms with Gasteiger partial charge in [0.1, 0.15) is 11.5 Å². The molecule has 140 valence electrons. The monoisotopic (exact) mass is 380 g/mol. The smallest absolute Gasteiger partial charge is 0.427 e. The fourth-order valence-electron chi connectivity index (χ4n) is 2.07. The van der Waals surface area contributed by atoms with E-state index in [-0.39, 0.29) is 17.5 Å². The highest BCUT2D eigenvalue weighted by molar-refractivity contribution is 5.40. The molecule has 0 aliphatic carbocycles. The number of benzene rings is 1. The molecular weight excluding hydrogens is 369 g/mol. The summed E-state index contributed by atoms with van der Waals surface area (Å²) in [6.07, 6.45) is -2.55. The standard InChI is InChI=1S/C16H11F3N4O4/c1-22-9-21-14(23(24)25)15(22)27-12-5-3-11(4-6-12)26-13-7-2-10(8-20-13)16(17,18)19/h2-9H,1H3. The molecule has 0 N–H and O–H groups in total. The number of nitro groups is 1. The topological polar surface area (TPSA) is 92.3 Å². The lowest BCUT2D eigenvalue weighted by Gasteiger charge is -2.09. The molecule has 0 fully saturated rings. The number of pyridine rings is 1. The number of hydrogen-bond acceptors (Lipinski definition) is 6. The number of rotatable bonds is 5. The van der Waals surface area contributed by atoms with Gasteiger partial charge in [0.25, 0.3) is 0 Å². The Hall–Kier alpha value is -3.63. The van der Waals surface area contributed by atoms with Crippen LogP contribution in [0.2, 0.25) is 0 Å². The molecule has 3 aromatic rings. The Morgan fingerprint density at radius 1 is 1.04 bits per heavy atom. The Kier molecular flexibility index (Phi) is 4.67. The van der Waals surface area contributed by atoms with Gasteiger partial charge in [0.2, 0.25) is 12.2 Å². The largest absolute Gasteiger partial charge is 0.439 e. The van der Waals surface area contributed by atoms with Crippen LogP contribution in [0.1, 0.15) is 5.56 Å². The Morgan fingerprint density at radius 2 is 1.67 bits per heavy atom. The van der Waals surface area contributed by atoms with E-state index in [9.17, 15) is 23.3 Å². The molecule has 0 spiro atoms. The van der Waals surface area contributed by atoms with E-state index < -0.39 is 22.5 Å². The second-order valence-corrected chi connectivity index (χ2v) is 5.30. The summed E-state index contributed by atoms with van der Waals surface area (Å²) in [6, 6.07) is 7.90. The summed E-state index contributed by atoms with van der Waals surface area (Å²) in [4.78, 5) is 17.5. The number of hydrogen-bond donors (Lipinski definition) is 0. The van der Waals surface area contributed by atoms with Crippen LogP contribution >= 0.6 is 0 Å². The van der Waals surface area contributed by atoms with Crippen molar-refractivity contribution in [1.29, 1.82) is 0 Å². The zero-order valence-corrected chi connectivity index (χ0v) is 13.7. The van der Waals surface area contributed by atoms with Crippen molar-refractivity contribution in [2.45, 2.75) is 6.18 Å². The van der Waals surface area contributed by atoms with Crippen molar-refractivity contribution in [2.75, 3.05) is 0 Å². The average molecular weight is 380 g/mol. The van der Waals surface area contributed by atoms with Crippen LogP contribution in [0.3, 0.4) is 0 Å². The van der Waals surface area contributed by atoms with Crippen molar-refractivity contribution in [1.82, 2.24) is 14.5 Å². The van der Waals surface area contributed by atoms with Gasteiger partial charge in [-0.25, -0.2) is 4.98 Å². The van der Waals surface area contributed by atoms with E-state index in [0.29, 0.717) is 11.9 Å². The second-order valence-electron chi connectivity index (χ2n) is 5.30. The third-order valence-electron chi connectivity index (χ3n) is 3.36. The molecule has 2 aromatic heterocycles. The van der Waals surface area contributed by atoms with Crippen LogP contribution in [-0.4, -0.2) is 19.5 Å². The first-order chi connectivity index (χ1) is 12.7. The van der Waals surface area contributed by atoms with Crippen molar-refractivity contribution in [3.05, 3.63) is 64.6 Å². The quantitative estimate of drug-likeness (QED) is 0.483. The van der Waals surface area contributed by atoms with Gasteiger partial charge in [0.05, 0.1) is 5.56 Å². The van der Waals surface area contributed by atoms with Gasteiger partial charge in [-0.1, -0.05) is 0 Å². The van der Waals surface area contributed by atoms with E-state index in [1.54, 1.807) is 7.05 Å². The maximum absolute atomic E-state index is 12.5. The number of alkyl halides is 3. The maximum Gasteiger partial charge on any atom is 0.427 e. The first kappa shape index (κ1) is 18.2. The molecule has 1 aromatic carbocycles. The van der Waals surface area contributed by atoms with Gasteiger partial charge in [-0.05, 0) is 40.2 Å². The summed E-state index contributed by atoms with van der Waals surface area (Å²) in [5.74, 6) is 0.104. The molecule has 0 unspecified atom stereocenters. The second kappa shape index (κ2) is 6.94. The molecule has 27 heavy (non-hydrogen) atoms. The highest BCUT2D eigenvalue weighted by atomic mass is 19.4. The van der Waals surface area contributed by atoms with Crippen molar-refractivity contribution in [3.8, 4) is 23.3 Å². The molecule has 0 radical (unpaired) electrons. The normalized spacial score (nSPS) is 11.3. The molecule has 0 bridgehead atoms. The van der Waals surface area contributed by atoms with Gasteiger partial charge >= 0.3 is 17.9 Å². The molecule has 0 atom stereocenters. The fourth-order valence-corrected chi connectivity index (χ4v) is 2.07. The number of halogens is 3. The average Bonchev–Trinajstić information content (AvgIpc) is 2.97. The molecule has 0 aliphatic rings. The Bertz CT molecular complexity index is 953. The first-order valence-corrected chi connectivity index (χ1v) is 7.39. The van der Waals surface area contributed by atoms with Crippen LogP contribution in [0.15, 0.2) is 48.9 Å². The van der Waals surface area contributed by atoms with Crippen molar-refractivity contribution < 1.29 is 27.6 Å². The van der Waals surface area contributed by atoms with E-state index in [4.69, 9.17) is 9.47 Å². The van der Waals surface area contributed by atoms with E-state index in [1.165, 1.54) is 35.2 Å². The highest BCUT2D eigenvalue weighted by Crippen LogP contribution is 2.32. The van der Waals surface area contributed by atoms with Crippen LogP contribution < -0.4 is 9.47 Å². The summed E-state index contributed by atoms with van der Waals surface area (Å²) >= 11 is 0. The first-order valence-electron chi connectivity index (χ1n) is 7.39. The van der Waals surface area contributed by atoms with Crippen LogP contribution in [0.4, 0.5) is 19.0 Å². The summed E-state index contributed by atoms with van der Waals surface area (Å²) in [7, 11) is 1.54. The van der Waals surface area contributed by atoms with Crippen LogP contribution in [0.5, 0.6) is 23.3 Å². The third-order valence-corrected chi connectivity index (χ3v) is 3.36. The van der Waals surface area contributed by atoms with E-state index in [1.807, 2.05) is 0 Å². The number of aryl methyl sites for hydroxylation is 1. The fraction of sp³-hybridized carbons (Fsp3) is 0.125. The van der Waals surface area contributed by atoms with Gasteiger partial charge in [0.15, 0.2) is 0 Å². The number of imidazole rings is 1. The summed E-state index contributed by atoms with van der Waals surface area (Å²) in [6.45, 7) is 0. The third kappa shape index (κ3) is 4.14. The minimum absolute atomic E-state index is 0.0149. The van der Waals surface area contributed by atoms with Gasteiger partial charge in [-0.15, -0.1) is 0 Å². The van der Waals surface area contributed by atoms with Crippen LogP contribution in [0.25, 0.3) is 0 Å². The lowest BCUT2D eigenvalue weighted by molar-refractivity contribution is -0.390. The molecule has 3 rings (SSSR count). The van der Waals surface area contributed by atoms with Crippen molar-refractivity contribution in [3.63, 3.8) is 0 Å². The highest BCUT2D eigenvalue weighted by Gasteiger charge is 2.30. The molecule has 0 aliphatic heterocycles. The Balaban J connectivity index is 1.71. The zero-order valence-electron chi connectivity index (χ0n) is 13.7. The Labute approximate surface area is 150 Å². The van der Waals surface area contributed by atoms with Gasteiger partial charge in [-0.3, -0.25) is 4.57 Å². The van der Waals surface area contributed by atoms with Gasteiger partial charge in [0, 0.05) is 19.3 Å². The molecule has 0 saturated heterocycles. The minimum Gasteiger partial charge on any atom is -0.439 e. The molecule has 11 heteroatoms. The number of aromatic nitrogens is 3. The summed E-state index contributed by atoms with van der Waals surface area (Å²) in [5.41, 5.74) is -0.878. The molecule has 2 heterocycles. The minimum atomic E-state index is -4.47. The molecular formula is C16H11F3N4O4. The van der Waals surface area contributed by atoms with Crippen molar-refractivity contribution in [2.24, 2.45) is 7.05 Å². The molecule has 8 nitrogen and oxygen atoms in total. The molecule has 0 saturated carbocycles. The van der Waals surface area contributed by atoms with Crippen molar-refractivity contribution >= 4 is 5.82 Å². The van der Waals surface area contributed by atoms with Crippen LogP contribution in [0, 0.1) is 10.1 Å². The van der Waals surface area contributed by atoms with E-state index >= 15 is 0 Å². The number of ether oxygens (including phenoxy) is 2. The zero-order chi connectivity index (χ0) is 19.6. The Morgan fingerprint density at radius 3 is 2.19 bits per heavy atom. The van der Waals surface area contributed by atoms with Crippen LogP contribution in [-0.2, 0) is 13.2 Å². The van der Waals surface area contributed by atoms with E-state index in [0.717, 1.165) is 12.1 Å². The summed E-state index contributed by atoms with van der Waals surface area (Å²) in [5, 5.41) is 10.9. The maximum atomic E-state index is 12.5. The van der Waals surface area contributed by atoms with E-state index in [2.05, 4.69) is 9.97 Å². The number of nitrogens with zero attached hydrogens (tertiary/aromatic N) is 4. The van der Waals surface area contributed by atoms with Gasteiger partial charge < -0.3 is 19.6 Å².